The average molecular weight is 259 g/mol. The Morgan fingerprint density at radius 2 is 1.74 bits per heavy atom. The molecule has 1 aromatic rings. The summed E-state index contributed by atoms with van der Waals surface area (Å²) in [4.78, 5) is 0. The molecule has 2 rings (SSSR count). The Morgan fingerprint density at radius 1 is 1.05 bits per heavy atom. The molecule has 1 heteroatoms. The Hall–Kier alpha value is -0.820. The van der Waals surface area contributed by atoms with Crippen molar-refractivity contribution >= 4 is 0 Å². The molecule has 106 valence electrons. The SMILES string of the molecule is CNC(CCCc1ccccc1)C1CCCCCC1. The molecule has 1 aliphatic carbocycles. The molecule has 0 spiro atoms. The van der Waals surface area contributed by atoms with Crippen molar-refractivity contribution in [3.63, 3.8) is 0 Å². The van der Waals surface area contributed by atoms with E-state index in [4.69, 9.17) is 0 Å². The predicted molar refractivity (Wildman–Crippen MR) is 83.4 cm³/mol. The van der Waals surface area contributed by atoms with Crippen molar-refractivity contribution in [2.24, 2.45) is 5.92 Å². The smallest absolute Gasteiger partial charge is 0.00924 e. The van der Waals surface area contributed by atoms with Gasteiger partial charge in [-0.05, 0) is 50.6 Å². The van der Waals surface area contributed by atoms with E-state index >= 15 is 0 Å². The Kier molecular flexibility index (Phi) is 6.43. The third kappa shape index (κ3) is 4.99. The second-order valence-corrected chi connectivity index (χ2v) is 6.02. The van der Waals surface area contributed by atoms with Crippen LogP contribution in [0.2, 0.25) is 0 Å². The van der Waals surface area contributed by atoms with Crippen molar-refractivity contribution in [3.05, 3.63) is 35.9 Å². The number of benzene rings is 1. The second kappa shape index (κ2) is 8.37. The molecular weight excluding hydrogens is 230 g/mol. The summed E-state index contributed by atoms with van der Waals surface area (Å²) >= 11 is 0. The highest BCUT2D eigenvalue weighted by molar-refractivity contribution is 5.14. The van der Waals surface area contributed by atoms with Gasteiger partial charge in [0.2, 0.25) is 0 Å². The molecular formula is C18H29N. The maximum Gasteiger partial charge on any atom is 0.00924 e. The summed E-state index contributed by atoms with van der Waals surface area (Å²) in [7, 11) is 2.15. The molecule has 1 fully saturated rings. The van der Waals surface area contributed by atoms with Gasteiger partial charge in [-0.15, -0.1) is 0 Å². The van der Waals surface area contributed by atoms with Crippen LogP contribution in [0.1, 0.15) is 56.9 Å². The van der Waals surface area contributed by atoms with Crippen LogP contribution in [0.5, 0.6) is 0 Å². The van der Waals surface area contributed by atoms with Gasteiger partial charge in [0.25, 0.3) is 0 Å². The third-order valence-corrected chi connectivity index (χ3v) is 4.66. The van der Waals surface area contributed by atoms with Crippen LogP contribution in [0.15, 0.2) is 30.3 Å². The van der Waals surface area contributed by atoms with E-state index in [1.165, 1.54) is 63.4 Å². The van der Waals surface area contributed by atoms with Crippen molar-refractivity contribution in [1.82, 2.24) is 5.32 Å². The van der Waals surface area contributed by atoms with Gasteiger partial charge in [-0.3, -0.25) is 0 Å². The summed E-state index contributed by atoms with van der Waals surface area (Å²) in [5.74, 6) is 0.920. The zero-order valence-corrected chi connectivity index (χ0v) is 12.4. The number of aryl methyl sites for hydroxylation is 1. The normalized spacial score (nSPS) is 19.0. The monoisotopic (exact) mass is 259 g/mol. The van der Waals surface area contributed by atoms with E-state index in [0.717, 1.165) is 12.0 Å². The minimum atomic E-state index is 0.738. The lowest BCUT2D eigenvalue weighted by atomic mass is 9.88. The van der Waals surface area contributed by atoms with Gasteiger partial charge < -0.3 is 5.32 Å². The Balaban J connectivity index is 1.75. The van der Waals surface area contributed by atoms with Crippen molar-refractivity contribution in [2.45, 2.75) is 63.8 Å². The fraction of sp³-hybridized carbons (Fsp3) is 0.667. The molecule has 0 bridgehead atoms. The summed E-state index contributed by atoms with van der Waals surface area (Å²) < 4.78 is 0. The third-order valence-electron chi connectivity index (χ3n) is 4.66. The molecule has 1 saturated carbocycles. The zero-order valence-electron chi connectivity index (χ0n) is 12.4. The fourth-order valence-corrected chi connectivity index (χ4v) is 3.50. The van der Waals surface area contributed by atoms with Crippen LogP contribution in [0.4, 0.5) is 0 Å². The average Bonchev–Trinajstić information content (AvgIpc) is 2.74. The van der Waals surface area contributed by atoms with Crippen LogP contribution in [0, 0.1) is 5.92 Å². The van der Waals surface area contributed by atoms with E-state index in [9.17, 15) is 0 Å². The number of hydrogen-bond acceptors (Lipinski definition) is 1. The van der Waals surface area contributed by atoms with Crippen LogP contribution in [0.3, 0.4) is 0 Å². The van der Waals surface area contributed by atoms with Crippen LogP contribution in [-0.2, 0) is 6.42 Å². The van der Waals surface area contributed by atoms with Gasteiger partial charge in [0.05, 0.1) is 0 Å². The fourth-order valence-electron chi connectivity index (χ4n) is 3.50. The molecule has 1 aromatic carbocycles. The second-order valence-electron chi connectivity index (χ2n) is 6.02. The Morgan fingerprint density at radius 3 is 2.37 bits per heavy atom. The summed E-state index contributed by atoms with van der Waals surface area (Å²) in [5.41, 5.74) is 1.48. The van der Waals surface area contributed by atoms with E-state index in [2.05, 4.69) is 42.7 Å². The number of nitrogens with one attached hydrogen (secondary N) is 1. The van der Waals surface area contributed by atoms with Gasteiger partial charge in [0.15, 0.2) is 0 Å². The van der Waals surface area contributed by atoms with E-state index < -0.39 is 0 Å². The van der Waals surface area contributed by atoms with E-state index in [-0.39, 0.29) is 0 Å². The topological polar surface area (TPSA) is 12.0 Å². The molecule has 0 amide bonds. The lowest BCUT2D eigenvalue weighted by Crippen LogP contribution is -2.33. The lowest BCUT2D eigenvalue weighted by Gasteiger charge is -2.26. The molecule has 0 aliphatic heterocycles. The summed E-state index contributed by atoms with van der Waals surface area (Å²) in [6.07, 6.45) is 12.6. The predicted octanol–water partition coefficient (Wildman–Crippen LogP) is 4.57. The highest BCUT2D eigenvalue weighted by Crippen LogP contribution is 2.27. The highest BCUT2D eigenvalue weighted by atomic mass is 14.9. The van der Waals surface area contributed by atoms with Crippen LogP contribution >= 0.6 is 0 Å². The lowest BCUT2D eigenvalue weighted by molar-refractivity contribution is 0.314. The molecule has 0 aromatic heterocycles. The summed E-state index contributed by atoms with van der Waals surface area (Å²) in [6.45, 7) is 0. The minimum absolute atomic E-state index is 0.738. The molecule has 1 unspecified atom stereocenters. The Bertz CT molecular complexity index is 325. The van der Waals surface area contributed by atoms with Gasteiger partial charge in [0.1, 0.15) is 0 Å². The summed E-state index contributed by atoms with van der Waals surface area (Å²) in [6, 6.07) is 11.6. The standard InChI is InChI=1S/C18H29N/c1-19-18(17-13-7-2-3-8-14-17)15-9-12-16-10-5-4-6-11-16/h4-6,10-11,17-19H,2-3,7-9,12-15H2,1H3. The number of rotatable bonds is 6. The molecule has 19 heavy (non-hydrogen) atoms. The largest absolute Gasteiger partial charge is 0.317 e. The van der Waals surface area contributed by atoms with Crippen LogP contribution < -0.4 is 5.32 Å². The van der Waals surface area contributed by atoms with E-state index in [1.807, 2.05) is 0 Å². The van der Waals surface area contributed by atoms with Crippen molar-refractivity contribution in [3.8, 4) is 0 Å². The zero-order chi connectivity index (χ0) is 13.3. The highest BCUT2D eigenvalue weighted by Gasteiger charge is 2.20. The first-order valence-electron chi connectivity index (χ1n) is 8.11. The van der Waals surface area contributed by atoms with Crippen LogP contribution in [0.25, 0.3) is 0 Å². The first-order valence-corrected chi connectivity index (χ1v) is 8.11. The first-order chi connectivity index (χ1) is 9.40. The van der Waals surface area contributed by atoms with E-state index in [1.54, 1.807) is 0 Å². The molecule has 1 nitrogen and oxygen atoms in total. The maximum absolute atomic E-state index is 3.59. The molecule has 1 atom stereocenters. The first kappa shape index (κ1) is 14.6. The maximum atomic E-state index is 3.59. The van der Waals surface area contributed by atoms with Gasteiger partial charge >= 0.3 is 0 Å². The van der Waals surface area contributed by atoms with Crippen molar-refractivity contribution < 1.29 is 0 Å². The quantitative estimate of drug-likeness (QED) is 0.738. The number of hydrogen-bond donors (Lipinski definition) is 1. The van der Waals surface area contributed by atoms with Gasteiger partial charge in [-0.2, -0.15) is 0 Å². The van der Waals surface area contributed by atoms with E-state index in [0.29, 0.717) is 0 Å². The molecule has 0 saturated heterocycles. The van der Waals surface area contributed by atoms with Crippen molar-refractivity contribution in [1.29, 1.82) is 0 Å². The van der Waals surface area contributed by atoms with Crippen LogP contribution in [-0.4, -0.2) is 13.1 Å². The van der Waals surface area contributed by atoms with Gasteiger partial charge in [0, 0.05) is 6.04 Å². The summed E-state index contributed by atoms with van der Waals surface area (Å²) in [5, 5.41) is 3.59. The van der Waals surface area contributed by atoms with Crippen molar-refractivity contribution in [2.75, 3.05) is 7.05 Å². The van der Waals surface area contributed by atoms with Gasteiger partial charge in [-0.1, -0.05) is 56.0 Å². The minimum Gasteiger partial charge on any atom is -0.317 e. The molecule has 0 radical (unpaired) electrons. The van der Waals surface area contributed by atoms with Gasteiger partial charge in [-0.25, -0.2) is 0 Å². The Labute approximate surface area is 118 Å². The molecule has 1 N–H and O–H groups in total. The molecule has 1 aliphatic rings. The molecule has 0 heterocycles.